The van der Waals surface area contributed by atoms with Crippen molar-refractivity contribution in [3.05, 3.63) is 47.2 Å². The monoisotopic (exact) mass is 351 g/mol. The molecular formula is C17H13N5S2. The van der Waals surface area contributed by atoms with Gasteiger partial charge in [-0.2, -0.15) is 0 Å². The number of rotatable bonds is 3. The summed E-state index contributed by atoms with van der Waals surface area (Å²) in [7, 11) is 1.74. The van der Waals surface area contributed by atoms with Crippen molar-refractivity contribution >= 4 is 51.1 Å². The summed E-state index contributed by atoms with van der Waals surface area (Å²) in [5.41, 5.74) is 2.60. The zero-order chi connectivity index (χ0) is 16.5. The van der Waals surface area contributed by atoms with Crippen LogP contribution in [0.5, 0.6) is 0 Å². The van der Waals surface area contributed by atoms with Gasteiger partial charge in [0.05, 0.1) is 16.7 Å². The molecule has 0 N–H and O–H groups in total. The third-order valence-electron chi connectivity index (χ3n) is 3.50. The Bertz CT molecular complexity index is 1070. The van der Waals surface area contributed by atoms with Gasteiger partial charge < -0.3 is 0 Å². The van der Waals surface area contributed by atoms with E-state index in [2.05, 4.69) is 32.3 Å². The maximum atomic E-state index is 4.74. The van der Waals surface area contributed by atoms with Crippen LogP contribution >= 0.6 is 23.1 Å². The first-order valence-corrected chi connectivity index (χ1v) is 8.96. The lowest BCUT2D eigenvalue weighted by Gasteiger charge is -2.08. The molecule has 4 aromatic rings. The molecule has 0 atom stereocenters. The number of hydrogen-bond acceptors (Lipinski definition) is 7. The van der Waals surface area contributed by atoms with Crippen LogP contribution in [0.3, 0.4) is 0 Å². The van der Waals surface area contributed by atoms with Gasteiger partial charge in [-0.3, -0.25) is 9.98 Å². The van der Waals surface area contributed by atoms with Crippen molar-refractivity contribution < 1.29 is 0 Å². The second-order valence-electron chi connectivity index (χ2n) is 5.16. The van der Waals surface area contributed by atoms with Crippen molar-refractivity contribution in [3.63, 3.8) is 0 Å². The standard InChI is InChI=1S/C17H13N5S2/c1-10-21-22-17(23-10)24-14-8-12(9-18-2)20-16-13(14)6-5-11-4-3-7-19-15(11)16/h3-9H,1-2H3/b18-9+. The van der Waals surface area contributed by atoms with Gasteiger partial charge in [0.25, 0.3) is 0 Å². The van der Waals surface area contributed by atoms with E-state index in [1.165, 1.54) is 0 Å². The number of nitrogens with zero attached hydrogens (tertiary/aromatic N) is 5. The minimum absolute atomic E-state index is 0.812. The van der Waals surface area contributed by atoms with E-state index in [1.807, 2.05) is 25.1 Å². The predicted molar refractivity (Wildman–Crippen MR) is 99.3 cm³/mol. The summed E-state index contributed by atoms with van der Waals surface area (Å²) in [6.45, 7) is 1.96. The summed E-state index contributed by atoms with van der Waals surface area (Å²) in [6, 6.07) is 10.2. The zero-order valence-corrected chi connectivity index (χ0v) is 14.7. The van der Waals surface area contributed by atoms with E-state index in [1.54, 1.807) is 42.6 Å². The van der Waals surface area contributed by atoms with Crippen LogP contribution < -0.4 is 0 Å². The van der Waals surface area contributed by atoms with Gasteiger partial charge in [0, 0.05) is 35.1 Å². The lowest BCUT2D eigenvalue weighted by Crippen LogP contribution is -1.93. The van der Waals surface area contributed by atoms with Crippen molar-refractivity contribution in [1.82, 2.24) is 20.2 Å². The molecule has 0 aliphatic heterocycles. The molecule has 118 valence electrons. The number of aryl methyl sites for hydroxylation is 1. The highest BCUT2D eigenvalue weighted by Crippen LogP contribution is 2.36. The SMILES string of the molecule is C/N=C/c1cc(Sc2nnc(C)s2)c2ccc3cccnc3c2n1. The van der Waals surface area contributed by atoms with Crippen molar-refractivity contribution in [3.8, 4) is 0 Å². The van der Waals surface area contributed by atoms with Gasteiger partial charge in [0.15, 0.2) is 4.34 Å². The maximum absolute atomic E-state index is 4.74. The Kier molecular flexibility index (Phi) is 3.95. The fourth-order valence-electron chi connectivity index (χ4n) is 2.51. The number of benzene rings is 1. The molecule has 0 fully saturated rings. The van der Waals surface area contributed by atoms with E-state index in [0.29, 0.717) is 0 Å². The van der Waals surface area contributed by atoms with E-state index in [4.69, 9.17) is 4.98 Å². The largest absolute Gasteiger partial charge is 0.294 e. The fourth-order valence-corrected chi connectivity index (χ4v) is 4.45. The van der Waals surface area contributed by atoms with Crippen molar-refractivity contribution in [2.45, 2.75) is 16.2 Å². The highest BCUT2D eigenvalue weighted by atomic mass is 32.2. The molecule has 0 saturated carbocycles. The van der Waals surface area contributed by atoms with E-state index >= 15 is 0 Å². The summed E-state index contributed by atoms with van der Waals surface area (Å²) >= 11 is 3.19. The molecule has 5 nitrogen and oxygen atoms in total. The molecule has 0 aliphatic carbocycles. The van der Waals surface area contributed by atoms with Crippen LogP contribution in [-0.4, -0.2) is 33.4 Å². The lowest BCUT2D eigenvalue weighted by atomic mass is 10.1. The summed E-state index contributed by atoms with van der Waals surface area (Å²) in [6.07, 6.45) is 3.56. The number of hydrogen-bond donors (Lipinski definition) is 0. The highest BCUT2D eigenvalue weighted by Gasteiger charge is 2.12. The van der Waals surface area contributed by atoms with E-state index in [9.17, 15) is 0 Å². The Balaban J connectivity index is 1.98. The summed E-state index contributed by atoms with van der Waals surface area (Å²) < 4.78 is 0.917. The minimum Gasteiger partial charge on any atom is -0.294 e. The second-order valence-corrected chi connectivity index (χ2v) is 7.63. The topological polar surface area (TPSA) is 63.9 Å². The molecule has 24 heavy (non-hydrogen) atoms. The van der Waals surface area contributed by atoms with Crippen LogP contribution in [0.2, 0.25) is 0 Å². The zero-order valence-electron chi connectivity index (χ0n) is 13.1. The number of pyridine rings is 2. The molecule has 0 saturated heterocycles. The Morgan fingerprint density at radius 3 is 2.88 bits per heavy atom. The molecule has 0 spiro atoms. The van der Waals surface area contributed by atoms with Crippen LogP contribution in [0.25, 0.3) is 21.8 Å². The normalized spacial score (nSPS) is 11.8. The Labute approximate surface area is 146 Å². The molecule has 0 radical (unpaired) electrons. The first-order chi connectivity index (χ1) is 11.7. The first-order valence-electron chi connectivity index (χ1n) is 7.33. The van der Waals surface area contributed by atoms with Gasteiger partial charge in [-0.25, -0.2) is 4.98 Å². The molecule has 1 aromatic carbocycles. The molecule has 0 unspecified atom stereocenters. The predicted octanol–water partition coefficient (Wildman–Crippen LogP) is 4.14. The average molecular weight is 351 g/mol. The minimum atomic E-state index is 0.812. The van der Waals surface area contributed by atoms with E-state index < -0.39 is 0 Å². The van der Waals surface area contributed by atoms with Crippen LogP contribution in [0, 0.1) is 6.92 Å². The molecule has 7 heteroatoms. The summed E-state index contributed by atoms with van der Waals surface area (Å²) in [5, 5.41) is 11.4. The fraction of sp³-hybridized carbons (Fsp3) is 0.118. The van der Waals surface area contributed by atoms with Crippen LogP contribution in [0.4, 0.5) is 0 Å². The molecule has 3 heterocycles. The molecule has 0 bridgehead atoms. The second kappa shape index (κ2) is 6.26. The van der Waals surface area contributed by atoms with Crippen molar-refractivity contribution in [1.29, 1.82) is 0 Å². The third-order valence-corrected chi connectivity index (χ3v) is 5.45. The van der Waals surface area contributed by atoms with Gasteiger partial charge in [0.2, 0.25) is 0 Å². The van der Waals surface area contributed by atoms with E-state index in [0.717, 1.165) is 41.7 Å². The Morgan fingerprint density at radius 1 is 1.17 bits per heavy atom. The van der Waals surface area contributed by atoms with Crippen LogP contribution in [-0.2, 0) is 0 Å². The maximum Gasteiger partial charge on any atom is 0.179 e. The van der Waals surface area contributed by atoms with Crippen molar-refractivity contribution in [2.24, 2.45) is 4.99 Å². The third kappa shape index (κ3) is 2.76. The van der Waals surface area contributed by atoms with Gasteiger partial charge in [-0.15, -0.1) is 10.2 Å². The molecular weight excluding hydrogens is 338 g/mol. The van der Waals surface area contributed by atoms with Gasteiger partial charge in [0.1, 0.15) is 5.01 Å². The van der Waals surface area contributed by atoms with Gasteiger partial charge >= 0.3 is 0 Å². The number of aliphatic imine (C=N–C) groups is 1. The smallest absolute Gasteiger partial charge is 0.179 e. The van der Waals surface area contributed by atoms with Crippen LogP contribution in [0.1, 0.15) is 10.7 Å². The van der Waals surface area contributed by atoms with Crippen LogP contribution in [0.15, 0.2) is 50.8 Å². The Morgan fingerprint density at radius 2 is 2.08 bits per heavy atom. The van der Waals surface area contributed by atoms with Gasteiger partial charge in [-0.05, 0) is 19.1 Å². The van der Waals surface area contributed by atoms with Gasteiger partial charge in [-0.1, -0.05) is 41.3 Å². The first kappa shape index (κ1) is 15.2. The lowest BCUT2D eigenvalue weighted by molar-refractivity contribution is 0.984. The quantitative estimate of drug-likeness (QED) is 0.410. The van der Waals surface area contributed by atoms with E-state index in [-0.39, 0.29) is 0 Å². The molecule has 0 amide bonds. The number of fused-ring (bicyclic) bond motifs is 3. The summed E-state index contributed by atoms with van der Waals surface area (Å²) in [4.78, 5) is 14.4. The highest BCUT2D eigenvalue weighted by molar-refractivity contribution is 8.01. The van der Waals surface area contributed by atoms with Crippen molar-refractivity contribution in [2.75, 3.05) is 7.05 Å². The Hall–Kier alpha value is -2.38. The molecule has 4 rings (SSSR count). The average Bonchev–Trinajstić information content (AvgIpc) is 3.00. The number of aromatic nitrogens is 4. The summed E-state index contributed by atoms with van der Waals surface area (Å²) in [5.74, 6) is 0. The molecule has 0 aliphatic rings. The molecule has 3 aromatic heterocycles.